The number of fused-ring (bicyclic) bond motifs is 1. The number of piperazine rings is 1. The smallest absolute Gasteiger partial charge is 0.224 e. The van der Waals surface area contributed by atoms with Gasteiger partial charge in [-0.15, -0.1) is 0 Å². The number of hydrogen-bond donors (Lipinski definition) is 1. The average Bonchev–Trinajstić information content (AvgIpc) is 2.69. The van der Waals surface area contributed by atoms with Crippen molar-refractivity contribution in [1.29, 1.82) is 0 Å². The minimum absolute atomic E-state index is 0.0888. The Balaban J connectivity index is 1.26. The molecule has 2 aliphatic heterocycles. The highest BCUT2D eigenvalue weighted by atomic mass is 16.5. The van der Waals surface area contributed by atoms with Gasteiger partial charge in [0.2, 0.25) is 5.91 Å². The molecule has 1 amide bonds. The zero-order valence-corrected chi connectivity index (χ0v) is 15.0. The van der Waals surface area contributed by atoms with Crippen LogP contribution in [-0.2, 0) is 11.2 Å². The van der Waals surface area contributed by atoms with Crippen molar-refractivity contribution in [2.75, 3.05) is 49.5 Å². The van der Waals surface area contributed by atoms with Crippen LogP contribution in [0.25, 0.3) is 0 Å². The van der Waals surface area contributed by atoms with E-state index < -0.39 is 0 Å². The number of hydrogen-bond acceptors (Lipinski definition) is 4. The molecular formula is C21H25N3O2. The Morgan fingerprint density at radius 2 is 1.73 bits per heavy atom. The topological polar surface area (TPSA) is 44.8 Å². The van der Waals surface area contributed by atoms with E-state index in [1.807, 2.05) is 18.2 Å². The van der Waals surface area contributed by atoms with Crippen molar-refractivity contribution < 1.29 is 9.53 Å². The first-order chi connectivity index (χ1) is 12.8. The fraction of sp³-hybridized carbons (Fsp3) is 0.381. The van der Waals surface area contributed by atoms with Gasteiger partial charge in [0.15, 0.2) is 0 Å². The molecule has 2 aromatic rings. The first-order valence-corrected chi connectivity index (χ1v) is 9.36. The van der Waals surface area contributed by atoms with Crippen molar-refractivity contribution in [2.24, 2.45) is 0 Å². The summed E-state index contributed by atoms with van der Waals surface area (Å²) in [5, 5.41) is 2.93. The van der Waals surface area contributed by atoms with Gasteiger partial charge in [0.1, 0.15) is 12.4 Å². The lowest BCUT2D eigenvalue weighted by Crippen LogP contribution is -2.47. The van der Waals surface area contributed by atoms with Crippen LogP contribution in [0.2, 0.25) is 0 Å². The van der Waals surface area contributed by atoms with Crippen LogP contribution in [0.3, 0.4) is 0 Å². The van der Waals surface area contributed by atoms with Gasteiger partial charge in [-0.1, -0.05) is 24.3 Å². The first kappa shape index (κ1) is 16.9. The average molecular weight is 351 g/mol. The van der Waals surface area contributed by atoms with Gasteiger partial charge in [-0.2, -0.15) is 0 Å². The van der Waals surface area contributed by atoms with Crippen molar-refractivity contribution in [1.82, 2.24) is 4.90 Å². The largest absolute Gasteiger partial charge is 0.492 e. The van der Waals surface area contributed by atoms with E-state index in [2.05, 4.69) is 45.4 Å². The maximum absolute atomic E-state index is 11.5. The number of para-hydroxylation sites is 1. The third-order valence-corrected chi connectivity index (χ3v) is 5.17. The Hall–Kier alpha value is -2.53. The van der Waals surface area contributed by atoms with Gasteiger partial charge < -0.3 is 15.0 Å². The summed E-state index contributed by atoms with van der Waals surface area (Å²) in [7, 11) is 0. The number of amides is 1. The number of benzene rings is 2. The van der Waals surface area contributed by atoms with E-state index in [1.165, 1.54) is 5.69 Å². The molecule has 4 rings (SSSR count). The molecule has 0 aliphatic carbocycles. The highest BCUT2D eigenvalue weighted by Gasteiger charge is 2.19. The minimum Gasteiger partial charge on any atom is -0.492 e. The van der Waals surface area contributed by atoms with Gasteiger partial charge >= 0.3 is 0 Å². The van der Waals surface area contributed by atoms with Crippen LogP contribution in [0.4, 0.5) is 11.4 Å². The van der Waals surface area contributed by atoms with Gasteiger partial charge in [0.05, 0.1) is 0 Å². The highest BCUT2D eigenvalue weighted by molar-refractivity contribution is 5.94. The molecule has 136 valence electrons. The molecule has 0 spiro atoms. The molecule has 1 saturated heterocycles. The summed E-state index contributed by atoms with van der Waals surface area (Å²) in [6, 6.07) is 16.5. The van der Waals surface area contributed by atoms with Gasteiger partial charge in [-0.25, -0.2) is 0 Å². The minimum atomic E-state index is 0.0888. The molecule has 5 nitrogen and oxygen atoms in total. The van der Waals surface area contributed by atoms with E-state index in [9.17, 15) is 4.79 Å². The second-order valence-electron chi connectivity index (χ2n) is 6.84. The van der Waals surface area contributed by atoms with Crippen LogP contribution in [0.5, 0.6) is 5.75 Å². The number of nitrogens with zero attached hydrogens (tertiary/aromatic N) is 2. The highest BCUT2D eigenvalue weighted by Crippen LogP contribution is 2.31. The number of ether oxygens (including phenoxy) is 1. The lowest BCUT2D eigenvalue weighted by Gasteiger charge is -2.36. The Morgan fingerprint density at radius 3 is 2.54 bits per heavy atom. The second kappa shape index (κ2) is 7.79. The molecular weight excluding hydrogens is 326 g/mol. The Kier molecular flexibility index (Phi) is 5.07. The molecule has 2 aromatic carbocycles. The molecule has 0 aromatic heterocycles. The van der Waals surface area contributed by atoms with Gasteiger partial charge in [-0.3, -0.25) is 9.69 Å². The van der Waals surface area contributed by atoms with Gasteiger partial charge in [0, 0.05) is 56.1 Å². The van der Waals surface area contributed by atoms with E-state index in [1.54, 1.807) is 0 Å². The third kappa shape index (κ3) is 3.83. The van der Waals surface area contributed by atoms with Crippen LogP contribution in [0, 0.1) is 0 Å². The van der Waals surface area contributed by atoms with Crippen LogP contribution < -0.4 is 15.0 Å². The zero-order chi connectivity index (χ0) is 17.8. The molecule has 0 atom stereocenters. The van der Waals surface area contributed by atoms with Gasteiger partial charge in [-0.05, 0) is 30.7 Å². The summed E-state index contributed by atoms with van der Waals surface area (Å²) in [6.45, 7) is 5.82. The molecule has 26 heavy (non-hydrogen) atoms. The summed E-state index contributed by atoms with van der Waals surface area (Å²) in [5.41, 5.74) is 3.33. The number of carbonyl (C=O) groups excluding carboxylic acids is 1. The predicted octanol–water partition coefficient (Wildman–Crippen LogP) is 2.77. The molecule has 0 radical (unpaired) electrons. The van der Waals surface area contributed by atoms with Crippen LogP contribution in [0.15, 0.2) is 48.5 Å². The van der Waals surface area contributed by atoms with Crippen LogP contribution in [-0.4, -0.2) is 50.1 Å². The summed E-state index contributed by atoms with van der Waals surface area (Å²) in [5.74, 6) is 0.997. The summed E-state index contributed by atoms with van der Waals surface area (Å²) in [4.78, 5) is 16.4. The van der Waals surface area contributed by atoms with Crippen LogP contribution >= 0.6 is 0 Å². The number of anilines is 2. The quantitative estimate of drug-likeness (QED) is 0.900. The number of rotatable bonds is 5. The van der Waals surface area contributed by atoms with E-state index in [0.717, 1.165) is 56.1 Å². The molecule has 0 saturated carbocycles. The zero-order valence-electron chi connectivity index (χ0n) is 15.0. The fourth-order valence-electron chi connectivity index (χ4n) is 3.68. The van der Waals surface area contributed by atoms with E-state index >= 15 is 0 Å². The maximum atomic E-state index is 11.5. The molecule has 2 aliphatic rings. The molecule has 1 fully saturated rings. The Morgan fingerprint density at radius 1 is 0.923 bits per heavy atom. The number of carbonyl (C=O) groups is 1. The normalized spacial score (nSPS) is 17.5. The van der Waals surface area contributed by atoms with Crippen molar-refractivity contribution in [2.45, 2.75) is 12.8 Å². The van der Waals surface area contributed by atoms with E-state index in [-0.39, 0.29) is 5.91 Å². The van der Waals surface area contributed by atoms with Crippen molar-refractivity contribution in [3.8, 4) is 5.75 Å². The van der Waals surface area contributed by atoms with Crippen molar-refractivity contribution in [3.63, 3.8) is 0 Å². The first-order valence-electron chi connectivity index (χ1n) is 9.36. The molecule has 1 N–H and O–H groups in total. The summed E-state index contributed by atoms with van der Waals surface area (Å²) < 4.78 is 6.05. The third-order valence-electron chi connectivity index (χ3n) is 5.17. The van der Waals surface area contributed by atoms with E-state index in [0.29, 0.717) is 13.0 Å². The lowest BCUT2D eigenvalue weighted by atomic mass is 10.0. The fourth-order valence-corrected chi connectivity index (χ4v) is 3.68. The monoisotopic (exact) mass is 351 g/mol. The van der Waals surface area contributed by atoms with Crippen LogP contribution in [0.1, 0.15) is 12.0 Å². The summed E-state index contributed by atoms with van der Waals surface area (Å²) in [6.07, 6.45) is 1.29. The SMILES string of the molecule is O=C1CCc2c(cccc2OCCN2CCN(c3ccccc3)CC2)N1. The van der Waals surface area contributed by atoms with Crippen molar-refractivity contribution in [3.05, 3.63) is 54.1 Å². The predicted molar refractivity (Wildman–Crippen MR) is 104 cm³/mol. The Labute approximate surface area is 154 Å². The number of nitrogens with one attached hydrogen (secondary N) is 1. The lowest BCUT2D eigenvalue weighted by molar-refractivity contribution is -0.116. The van der Waals surface area contributed by atoms with Gasteiger partial charge in [0.25, 0.3) is 0 Å². The Bertz CT molecular complexity index is 755. The second-order valence-corrected chi connectivity index (χ2v) is 6.84. The maximum Gasteiger partial charge on any atom is 0.224 e. The van der Waals surface area contributed by atoms with E-state index in [4.69, 9.17) is 4.74 Å². The standard InChI is InChI=1S/C21H25N3O2/c25-21-10-9-18-19(22-21)7-4-8-20(18)26-16-15-23-11-13-24(14-12-23)17-5-2-1-3-6-17/h1-8H,9-16H2,(H,22,25). The molecule has 2 heterocycles. The molecule has 0 bridgehead atoms. The van der Waals surface area contributed by atoms with Crippen molar-refractivity contribution >= 4 is 17.3 Å². The molecule has 5 heteroatoms. The molecule has 0 unspecified atom stereocenters. The summed E-state index contributed by atoms with van der Waals surface area (Å²) >= 11 is 0.